The topological polar surface area (TPSA) is 380 Å². The number of rotatable bonds is 16. The van der Waals surface area contributed by atoms with E-state index in [1.165, 1.54) is 10.8 Å². The maximum atomic E-state index is 13.2. The van der Waals surface area contributed by atoms with Gasteiger partial charge in [-0.1, -0.05) is 17.9 Å². The third-order valence-electron chi connectivity index (χ3n) is 12.5. The molecule has 0 bridgehead atoms. The van der Waals surface area contributed by atoms with E-state index in [4.69, 9.17) is 30.0 Å². The van der Waals surface area contributed by atoms with Crippen molar-refractivity contribution < 1.29 is 78.8 Å². The predicted octanol–water partition coefficient (Wildman–Crippen LogP) is 2.54. The zero-order valence-electron chi connectivity index (χ0n) is 40.5. The second kappa shape index (κ2) is 20.0. The highest BCUT2D eigenvalue weighted by Crippen LogP contribution is 2.66. The number of hydrogen-bond donors (Lipinski definition) is 8. The smallest absolute Gasteiger partial charge is 0.490 e. The highest BCUT2D eigenvalue weighted by molar-refractivity contribution is 7.86. The zero-order valence-corrected chi connectivity index (χ0v) is 44.0. The Morgan fingerprint density at radius 2 is 1.80 bits per heavy atom. The molecule has 398 valence electrons. The third kappa shape index (κ3) is 12.0. The van der Waals surface area contributed by atoms with Crippen molar-refractivity contribution in [3.05, 3.63) is 80.4 Å². The van der Waals surface area contributed by atoms with Crippen LogP contribution >= 0.6 is 23.5 Å². The number of aromatic amines is 1. The number of likely N-dealkylation sites (N-methyl/N-ethyl adjacent to an activating group) is 1. The van der Waals surface area contributed by atoms with Crippen molar-refractivity contribution in [1.29, 1.82) is 0 Å². The molecule has 1 fully saturated rings. The normalized spacial score (nSPS) is 21.3. The Hall–Kier alpha value is -5.39. The Morgan fingerprint density at radius 1 is 1.07 bits per heavy atom. The van der Waals surface area contributed by atoms with Gasteiger partial charge in [0.1, 0.15) is 29.9 Å². The lowest BCUT2D eigenvalue weighted by Crippen LogP contribution is -2.50. The van der Waals surface area contributed by atoms with Gasteiger partial charge >= 0.3 is 23.5 Å². The number of nitrogens with one attached hydrogen (secondary N) is 2. The minimum Gasteiger partial charge on any atom is -0.748 e. The van der Waals surface area contributed by atoms with Crippen LogP contribution in [0.5, 0.6) is 11.5 Å². The summed E-state index contributed by atoms with van der Waals surface area (Å²) >= 11 is 0. The number of nitrogens with zero attached hydrogens (tertiary/aromatic N) is 5. The highest BCUT2D eigenvalue weighted by Gasteiger charge is 2.44. The fourth-order valence-corrected chi connectivity index (χ4v) is 13.3. The van der Waals surface area contributed by atoms with E-state index in [0.29, 0.717) is 52.0 Å². The number of nitrogens with two attached hydrogens (primary N) is 1. The van der Waals surface area contributed by atoms with Gasteiger partial charge in [-0.3, -0.25) is 19.1 Å². The number of allylic oxidation sites excluding steroid dienone is 1. The van der Waals surface area contributed by atoms with E-state index in [1.807, 2.05) is 30.6 Å². The van der Waals surface area contributed by atoms with Crippen LogP contribution in [0.2, 0.25) is 0 Å². The lowest BCUT2D eigenvalue weighted by molar-refractivity contribution is -0.120. The molecule has 0 aliphatic carbocycles. The molecule has 26 nitrogen and oxygen atoms in total. The van der Waals surface area contributed by atoms with Crippen molar-refractivity contribution in [3.63, 3.8) is 0 Å². The Kier molecular flexibility index (Phi) is 14.8. The van der Waals surface area contributed by atoms with Crippen molar-refractivity contribution in [2.45, 2.75) is 90.3 Å². The molecule has 74 heavy (non-hydrogen) atoms. The molecule has 9 N–H and O–H groups in total. The number of hydrogen-bond acceptors (Lipinski definition) is 18. The summed E-state index contributed by atoms with van der Waals surface area (Å²) in [6, 6.07) is 7.48. The van der Waals surface area contributed by atoms with Crippen LogP contribution in [-0.4, -0.2) is 113 Å². The maximum absolute atomic E-state index is 13.2. The maximum Gasteiger partial charge on any atom is 0.490 e. The van der Waals surface area contributed by atoms with Gasteiger partial charge in [0, 0.05) is 63.2 Å². The molecule has 5 atom stereocenters. The number of fused-ring (bicyclic) bond motifs is 5. The van der Waals surface area contributed by atoms with E-state index in [9.17, 15) is 51.1 Å². The van der Waals surface area contributed by atoms with E-state index in [2.05, 4.69) is 78.9 Å². The number of H-pyrrole nitrogens is 1. The number of carbonyl (C=O) groups excluding carboxylic acids is 1. The largest absolute Gasteiger partial charge is 0.748 e. The van der Waals surface area contributed by atoms with Gasteiger partial charge in [-0.05, 0) is 57.0 Å². The average molecular weight is 1110 g/mol. The summed E-state index contributed by atoms with van der Waals surface area (Å²) in [5.74, 6) is 5.20. The first-order chi connectivity index (χ1) is 34.3. The van der Waals surface area contributed by atoms with Crippen LogP contribution in [0, 0.1) is 11.8 Å². The summed E-state index contributed by atoms with van der Waals surface area (Å²) in [5, 5.41) is 14.5. The van der Waals surface area contributed by atoms with Crippen LogP contribution in [0.1, 0.15) is 83.7 Å². The number of aliphatic hydroxyl groups excluding tert-OH is 1. The zero-order chi connectivity index (χ0) is 54.1. The van der Waals surface area contributed by atoms with E-state index >= 15 is 0 Å². The summed E-state index contributed by atoms with van der Waals surface area (Å²) < 4.78 is 99.3. The van der Waals surface area contributed by atoms with Gasteiger partial charge < -0.3 is 59.2 Å². The average Bonchev–Trinajstić information content (AvgIpc) is 3.81. The number of aliphatic hydroxyl groups is 1. The Bertz CT molecular complexity index is 3600. The molecule has 2 unspecified atom stereocenters. The number of amides is 1. The molecule has 8 rings (SSSR count). The van der Waals surface area contributed by atoms with Crippen LogP contribution in [-0.2, 0) is 46.5 Å². The Morgan fingerprint density at radius 3 is 2.49 bits per heavy atom. The quantitative estimate of drug-likeness (QED) is 0.0304. The molecule has 0 radical (unpaired) electrons. The molecule has 4 aliphatic rings. The van der Waals surface area contributed by atoms with Gasteiger partial charge in [0.15, 0.2) is 22.7 Å². The van der Waals surface area contributed by atoms with Gasteiger partial charge in [0.2, 0.25) is 17.2 Å². The summed E-state index contributed by atoms with van der Waals surface area (Å²) in [6.07, 6.45) is 1.52. The molecule has 1 saturated heterocycles. The van der Waals surface area contributed by atoms with Crippen LogP contribution < -0.4 is 41.5 Å². The minimum atomic E-state index is -5.80. The molecule has 2 aromatic heterocycles. The fourth-order valence-electron chi connectivity index (χ4n) is 9.67. The van der Waals surface area contributed by atoms with Crippen molar-refractivity contribution >= 4 is 79.0 Å². The van der Waals surface area contributed by atoms with Crippen LogP contribution in [0.15, 0.2) is 52.4 Å². The molecule has 0 spiro atoms. The summed E-state index contributed by atoms with van der Waals surface area (Å²) in [6.45, 7) is 12.1. The number of aromatic nitrogens is 3. The van der Waals surface area contributed by atoms with Crippen molar-refractivity contribution in [1.82, 2.24) is 24.4 Å². The molecule has 30 heteroatoms. The van der Waals surface area contributed by atoms with Crippen molar-refractivity contribution in [3.8, 4) is 23.3 Å². The van der Waals surface area contributed by atoms with Gasteiger partial charge in [0.25, 0.3) is 5.56 Å². The first-order valence-electron chi connectivity index (χ1n) is 22.8. The number of benzene rings is 2. The Labute approximate surface area is 422 Å². The summed E-state index contributed by atoms with van der Waals surface area (Å²) in [7, 11) is -21.7. The number of nitrogen functional groups attached to an aromatic ring is 1. The molecule has 4 aliphatic heterocycles. The molecule has 6 heterocycles. The number of ether oxygens (including phenoxy) is 2. The van der Waals surface area contributed by atoms with Crippen LogP contribution in [0.25, 0.3) is 22.2 Å². The van der Waals surface area contributed by atoms with Gasteiger partial charge in [-0.15, -0.1) is 0 Å². The number of phosphoric acid groups is 3. The number of phosphoric ester groups is 1. The lowest BCUT2D eigenvalue weighted by Gasteiger charge is -2.43. The molecule has 4 aromatic rings. The van der Waals surface area contributed by atoms with E-state index in [1.54, 1.807) is 18.2 Å². The Balaban J connectivity index is 0.967. The summed E-state index contributed by atoms with van der Waals surface area (Å²) in [5.41, 5.74) is 8.68. The van der Waals surface area contributed by atoms with Gasteiger partial charge in [-0.25, -0.2) is 31.7 Å². The molecule has 2 aromatic carbocycles. The van der Waals surface area contributed by atoms with E-state index in [-0.39, 0.29) is 53.4 Å². The van der Waals surface area contributed by atoms with E-state index in [0.717, 1.165) is 23.4 Å². The first kappa shape index (κ1) is 54.9. The monoisotopic (exact) mass is 1110 g/mol. The molecular weight excluding hydrogens is 1050 g/mol. The number of carbonyl (C=O) groups is 1. The highest BCUT2D eigenvalue weighted by atomic mass is 32.2. The van der Waals surface area contributed by atoms with Gasteiger partial charge in [-0.2, -0.15) is 13.6 Å². The predicted molar refractivity (Wildman–Crippen MR) is 265 cm³/mol. The molecule has 0 saturated carbocycles. The third-order valence-corrected chi connectivity index (χ3v) is 17.0. The van der Waals surface area contributed by atoms with Gasteiger partial charge in [0.05, 0.1) is 63.2 Å². The van der Waals surface area contributed by atoms with Crippen LogP contribution in [0.3, 0.4) is 0 Å². The van der Waals surface area contributed by atoms with Crippen molar-refractivity contribution in [2.75, 3.05) is 42.6 Å². The van der Waals surface area contributed by atoms with E-state index < -0.39 is 75.5 Å². The standard InChI is InChI=1S/C44H53N8O18P3S/c1-7-51-31-16-34-29(14-27(31)24(2)19-43(51,3)4)47-30-15-28-26(23-74(63,64)65)20-44(5,6)52(32(28)17-35(30)67-34)13-9-11-37(54)46-12-8-10-25-21-50(40-39(25)41(55)49-42(45)48-40)38-18-33(53)36(68-38)22-66-72(59,60)70-73(61,62)69-71(56,57)58/h14-17,19-21,33,36,38,53H,7,9,11-13,18,22-23H2,1-6H3,(H8-,45,46,48,49,54,55,56,57,58,59,60,61,62,63,64,65)/t33-,36+,38+/m0/s1. The number of anilines is 2. The minimum absolute atomic E-state index is 0.0332. The fraction of sp³-hybridized carbons (Fsp3) is 0.432. The first-order valence-corrected chi connectivity index (χ1v) is 28.9. The molecular formula is C44H53N8O18P3S. The van der Waals surface area contributed by atoms with Crippen molar-refractivity contribution in [2.24, 2.45) is 4.99 Å². The summed E-state index contributed by atoms with van der Waals surface area (Å²) in [4.78, 5) is 77.0. The molecule has 1 amide bonds. The second-order valence-corrected chi connectivity index (χ2v) is 24.7. The second-order valence-electron chi connectivity index (χ2n) is 18.9. The SMILES string of the molecule is CCN1c2cc3c(cc2C(C)=CC1(C)C)N=c1cc2c(cc1O3)=[N+](CCCC(=O)NCC#Cc1cn([C@H]3C[C@H](O)[C@@H](COP(=O)(O)OP(=O)(O)OP(=O)(O)O)O3)c3nc(N)[nH]c(=O)c13)C(C)(C)C=C2CS(=O)(=O)[O-]. The lowest BCUT2D eigenvalue weighted by atomic mass is 9.88. The van der Waals surface area contributed by atoms with Crippen LogP contribution in [0.4, 0.5) is 17.3 Å².